The van der Waals surface area contributed by atoms with E-state index in [1.807, 2.05) is 64.1 Å². The molecule has 5 heteroatoms. The Morgan fingerprint density at radius 2 is 1.45 bits per heavy atom. The predicted octanol–water partition coefficient (Wildman–Crippen LogP) is 4.41. The Bertz CT molecular complexity index is 806. The van der Waals surface area contributed by atoms with Crippen molar-refractivity contribution < 1.29 is 14.3 Å². The SMILES string of the molecule is CCNCc1ccc(C(=O)N(CC)Cc2ccc(C(=O)OC(C)(C)C)cc2)cc1. The van der Waals surface area contributed by atoms with Crippen molar-refractivity contribution in [3.8, 4) is 0 Å². The van der Waals surface area contributed by atoms with E-state index in [9.17, 15) is 9.59 Å². The molecule has 0 heterocycles. The van der Waals surface area contributed by atoms with Crippen LogP contribution in [0.1, 0.15) is 66.5 Å². The molecule has 0 aromatic heterocycles. The molecule has 0 spiro atoms. The van der Waals surface area contributed by atoms with Crippen LogP contribution in [-0.2, 0) is 17.8 Å². The molecular weight excluding hydrogens is 364 g/mol. The van der Waals surface area contributed by atoms with Gasteiger partial charge in [0.1, 0.15) is 5.60 Å². The van der Waals surface area contributed by atoms with Gasteiger partial charge >= 0.3 is 5.97 Å². The number of hydrogen-bond acceptors (Lipinski definition) is 4. The highest BCUT2D eigenvalue weighted by Gasteiger charge is 2.18. The third kappa shape index (κ3) is 7.02. The van der Waals surface area contributed by atoms with Crippen LogP contribution in [-0.4, -0.2) is 35.5 Å². The zero-order valence-electron chi connectivity index (χ0n) is 18.1. The standard InChI is InChI=1S/C24H32N2O3/c1-6-25-16-18-8-12-20(13-9-18)22(27)26(7-2)17-19-10-14-21(15-11-19)23(28)29-24(3,4)5/h8-15,25H,6-7,16-17H2,1-5H3. The molecule has 2 aromatic carbocycles. The second-order valence-corrected chi connectivity index (χ2v) is 8.00. The average molecular weight is 397 g/mol. The van der Waals surface area contributed by atoms with E-state index in [4.69, 9.17) is 4.74 Å². The Labute approximate surface area is 174 Å². The number of ether oxygens (including phenoxy) is 1. The van der Waals surface area contributed by atoms with Gasteiger partial charge in [-0.2, -0.15) is 0 Å². The van der Waals surface area contributed by atoms with Crippen molar-refractivity contribution in [2.45, 2.75) is 53.3 Å². The smallest absolute Gasteiger partial charge is 0.338 e. The third-order valence-electron chi connectivity index (χ3n) is 4.41. The maximum atomic E-state index is 12.9. The molecule has 0 radical (unpaired) electrons. The van der Waals surface area contributed by atoms with Crippen LogP contribution in [0.2, 0.25) is 0 Å². The van der Waals surface area contributed by atoms with Gasteiger partial charge in [-0.15, -0.1) is 0 Å². The molecule has 156 valence electrons. The van der Waals surface area contributed by atoms with E-state index in [2.05, 4.69) is 12.2 Å². The van der Waals surface area contributed by atoms with Gasteiger partial charge in [-0.1, -0.05) is 31.2 Å². The first-order valence-corrected chi connectivity index (χ1v) is 10.1. The topological polar surface area (TPSA) is 58.6 Å². The van der Waals surface area contributed by atoms with Gasteiger partial charge < -0.3 is 15.0 Å². The molecule has 0 aliphatic heterocycles. The third-order valence-corrected chi connectivity index (χ3v) is 4.41. The van der Waals surface area contributed by atoms with Gasteiger partial charge in [0.25, 0.3) is 5.91 Å². The van der Waals surface area contributed by atoms with E-state index in [1.54, 1.807) is 17.0 Å². The molecule has 0 saturated carbocycles. The summed E-state index contributed by atoms with van der Waals surface area (Å²) in [4.78, 5) is 26.8. The molecule has 0 bridgehead atoms. The Balaban J connectivity index is 2.03. The van der Waals surface area contributed by atoms with E-state index >= 15 is 0 Å². The second-order valence-electron chi connectivity index (χ2n) is 8.00. The van der Waals surface area contributed by atoms with Crippen LogP contribution in [0.15, 0.2) is 48.5 Å². The molecule has 0 atom stereocenters. The number of rotatable bonds is 8. The summed E-state index contributed by atoms with van der Waals surface area (Å²) in [7, 11) is 0. The van der Waals surface area contributed by atoms with Crippen molar-refractivity contribution in [1.82, 2.24) is 10.2 Å². The highest BCUT2D eigenvalue weighted by atomic mass is 16.6. The molecule has 5 nitrogen and oxygen atoms in total. The molecule has 0 unspecified atom stereocenters. The van der Waals surface area contributed by atoms with Gasteiger partial charge in [0.2, 0.25) is 0 Å². The lowest BCUT2D eigenvalue weighted by Gasteiger charge is -2.22. The zero-order valence-corrected chi connectivity index (χ0v) is 18.1. The van der Waals surface area contributed by atoms with Crippen molar-refractivity contribution in [3.05, 3.63) is 70.8 Å². The number of esters is 1. The van der Waals surface area contributed by atoms with Gasteiger partial charge in [-0.25, -0.2) is 4.79 Å². The molecule has 0 fully saturated rings. The average Bonchev–Trinajstić information content (AvgIpc) is 2.69. The Hall–Kier alpha value is -2.66. The van der Waals surface area contributed by atoms with E-state index < -0.39 is 5.60 Å². The zero-order chi connectivity index (χ0) is 21.4. The molecule has 0 saturated heterocycles. The molecule has 2 aromatic rings. The maximum Gasteiger partial charge on any atom is 0.338 e. The van der Waals surface area contributed by atoms with Crippen LogP contribution in [0.5, 0.6) is 0 Å². The van der Waals surface area contributed by atoms with E-state index in [0.29, 0.717) is 24.2 Å². The summed E-state index contributed by atoms with van der Waals surface area (Å²) in [5.41, 5.74) is 2.79. The highest BCUT2D eigenvalue weighted by Crippen LogP contribution is 2.15. The van der Waals surface area contributed by atoms with Crippen LogP contribution < -0.4 is 5.32 Å². The number of nitrogens with one attached hydrogen (secondary N) is 1. The van der Waals surface area contributed by atoms with Crippen LogP contribution in [0.25, 0.3) is 0 Å². The molecule has 2 rings (SSSR count). The molecule has 1 amide bonds. The lowest BCUT2D eigenvalue weighted by molar-refractivity contribution is 0.00693. The first-order valence-electron chi connectivity index (χ1n) is 10.1. The number of amides is 1. The Morgan fingerprint density at radius 1 is 0.897 bits per heavy atom. The molecule has 0 aliphatic carbocycles. The fraction of sp³-hybridized carbons (Fsp3) is 0.417. The minimum atomic E-state index is -0.524. The first kappa shape index (κ1) is 22.6. The summed E-state index contributed by atoms with van der Waals surface area (Å²) >= 11 is 0. The van der Waals surface area contributed by atoms with Crippen molar-refractivity contribution in [2.24, 2.45) is 0 Å². The van der Waals surface area contributed by atoms with Gasteiger partial charge in [-0.3, -0.25) is 4.79 Å². The summed E-state index contributed by atoms with van der Waals surface area (Å²) in [5.74, 6) is -0.344. The largest absolute Gasteiger partial charge is 0.456 e. The number of benzene rings is 2. The molecule has 29 heavy (non-hydrogen) atoms. The molecular formula is C24H32N2O3. The number of nitrogens with zero attached hydrogens (tertiary/aromatic N) is 1. The number of hydrogen-bond donors (Lipinski definition) is 1. The monoisotopic (exact) mass is 396 g/mol. The quantitative estimate of drug-likeness (QED) is 0.672. The minimum Gasteiger partial charge on any atom is -0.456 e. The van der Waals surface area contributed by atoms with Gasteiger partial charge in [0, 0.05) is 25.2 Å². The lowest BCUT2D eigenvalue weighted by Crippen LogP contribution is -2.30. The maximum absolute atomic E-state index is 12.9. The number of carbonyl (C=O) groups is 2. The van der Waals surface area contributed by atoms with Gasteiger partial charge in [0.05, 0.1) is 5.56 Å². The van der Waals surface area contributed by atoms with Crippen LogP contribution in [0.4, 0.5) is 0 Å². The van der Waals surface area contributed by atoms with Crippen LogP contribution >= 0.6 is 0 Å². The second kappa shape index (κ2) is 10.2. The Morgan fingerprint density at radius 3 is 1.97 bits per heavy atom. The van der Waals surface area contributed by atoms with Crippen LogP contribution in [0.3, 0.4) is 0 Å². The predicted molar refractivity (Wildman–Crippen MR) is 116 cm³/mol. The van der Waals surface area contributed by atoms with Crippen molar-refractivity contribution in [3.63, 3.8) is 0 Å². The summed E-state index contributed by atoms with van der Waals surface area (Å²) in [6, 6.07) is 15.0. The number of carbonyl (C=O) groups excluding carboxylic acids is 2. The molecule has 1 N–H and O–H groups in total. The fourth-order valence-electron chi connectivity index (χ4n) is 2.85. The summed E-state index contributed by atoms with van der Waals surface area (Å²) < 4.78 is 5.39. The fourth-order valence-corrected chi connectivity index (χ4v) is 2.85. The molecule has 0 aliphatic rings. The van der Waals surface area contributed by atoms with Crippen molar-refractivity contribution in [1.29, 1.82) is 0 Å². The Kier molecular flexibility index (Phi) is 7.97. The van der Waals surface area contributed by atoms with Crippen LogP contribution in [0, 0.1) is 0 Å². The summed E-state index contributed by atoms with van der Waals surface area (Å²) in [6.45, 7) is 12.4. The first-order chi connectivity index (χ1) is 13.7. The van der Waals surface area contributed by atoms with E-state index in [1.165, 1.54) is 0 Å². The van der Waals surface area contributed by atoms with E-state index in [0.717, 1.165) is 24.2 Å². The van der Waals surface area contributed by atoms with Gasteiger partial charge in [-0.05, 0) is 69.6 Å². The minimum absolute atomic E-state index is 0.00119. The lowest BCUT2D eigenvalue weighted by atomic mass is 10.1. The normalized spacial score (nSPS) is 11.2. The summed E-state index contributed by atoms with van der Waals surface area (Å²) in [5, 5.41) is 3.28. The summed E-state index contributed by atoms with van der Waals surface area (Å²) in [6.07, 6.45) is 0. The van der Waals surface area contributed by atoms with Crippen molar-refractivity contribution >= 4 is 11.9 Å². The van der Waals surface area contributed by atoms with E-state index in [-0.39, 0.29) is 11.9 Å². The van der Waals surface area contributed by atoms with Crippen molar-refractivity contribution in [2.75, 3.05) is 13.1 Å². The highest BCUT2D eigenvalue weighted by molar-refractivity contribution is 5.94. The van der Waals surface area contributed by atoms with Gasteiger partial charge in [0.15, 0.2) is 0 Å².